The molecule has 1 amide bonds. The van der Waals surface area contributed by atoms with Crippen LogP contribution in [-0.2, 0) is 14.8 Å². The minimum atomic E-state index is -4.59. The summed E-state index contributed by atoms with van der Waals surface area (Å²) in [6, 6.07) is 22.8. The number of nitrogens with zero attached hydrogens (tertiary/aromatic N) is 4. The number of hydrogen-bond acceptors (Lipinski definition) is 11. The van der Waals surface area contributed by atoms with Crippen LogP contribution in [0.3, 0.4) is 0 Å². The average Bonchev–Trinajstić information content (AvgIpc) is 3.71. The highest BCUT2D eigenvalue weighted by molar-refractivity contribution is 7.90. The Morgan fingerprint density at radius 3 is 2.40 bits per heavy atom. The molecule has 5 aromatic rings. The number of likely N-dealkylation sites (tertiary alicyclic amines) is 1. The number of fused-ring (bicyclic) bond motifs is 1. The zero-order valence-corrected chi connectivity index (χ0v) is 40.2. The van der Waals surface area contributed by atoms with Gasteiger partial charge in [0.1, 0.15) is 17.2 Å². The van der Waals surface area contributed by atoms with Crippen molar-refractivity contribution < 1.29 is 27.6 Å². The highest BCUT2D eigenvalue weighted by atomic mass is 35.5. The van der Waals surface area contributed by atoms with E-state index in [2.05, 4.69) is 55.7 Å². The van der Waals surface area contributed by atoms with Crippen molar-refractivity contribution in [3.63, 3.8) is 0 Å². The molecule has 0 saturated carbocycles. The van der Waals surface area contributed by atoms with Crippen molar-refractivity contribution in [1.82, 2.24) is 19.5 Å². The highest BCUT2D eigenvalue weighted by Gasteiger charge is 2.32. The van der Waals surface area contributed by atoms with Gasteiger partial charge < -0.3 is 29.6 Å². The molecule has 354 valence electrons. The molecule has 17 heteroatoms. The molecular formula is C50H57Cl2N7O7S. The first kappa shape index (κ1) is 46.9. The summed E-state index contributed by atoms with van der Waals surface area (Å²) in [4.78, 5) is 35.8. The van der Waals surface area contributed by atoms with Gasteiger partial charge >= 0.3 is 0 Å². The van der Waals surface area contributed by atoms with Crippen LogP contribution >= 0.6 is 23.2 Å². The van der Waals surface area contributed by atoms with Crippen LogP contribution in [0.2, 0.25) is 10.0 Å². The quantitative estimate of drug-likeness (QED) is 0.0761. The number of nitrogens with one attached hydrogen (secondary N) is 3. The van der Waals surface area contributed by atoms with E-state index in [4.69, 9.17) is 32.7 Å². The predicted octanol–water partition coefficient (Wildman–Crippen LogP) is 10.1. The highest BCUT2D eigenvalue weighted by Crippen LogP contribution is 2.44. The number of benzene rings is 4. The number of nitro groups is 1. The third kappa shape index (κ3) is 10.8. The number of hydrogen-bond donors (Lipinski definition) is 3. The molecule has 14 nitrogen and oxygen atoms in total. The van der Waals surface area contributed by atoms with E-state index in [0.717, 1.165) is 113 Å². The number of nitro benzene ring substituents is 1. The van der Waals surface area contributed by atoms with E-state index < -0.39 is 31.4 Å². The summed E-state index contributed by atoms with van der Waals surface area (Å²) in [5.74, 6) is -0.468. The molecule has 3 saturated heterocycles. The van der Waals surface area contributed by atoms with Crippen molar-refractivity contribution in [2.45, 2.75) is 75.8 Å². The lowest BCUT2D eigenvalue weighted by atomic mass is 9.72. The zero-order valence-electron chi connectivity index (χ0n) is 37.9. The lowest BCUT2D eigenvalue weighted by Crippen LogP contribution is -2.47. The number of carbonyl (C=O) groups excluding carboxylic acids is 1. The van der Waals surface area contributed by atoms with Gasteiger partial charge in [0.05, 0.1) is 31.3 Å². The first-order valence-electron chi connectivity index (χ1n) is 23.2. The van der Waals surface area contributed by atoms with Gasteiger partial charge in [0.15, 0.2) is 0 Å². The number of H-pyrrole nitrogens is 1. The fourth-order valence-corrected chi connectivity index (χ4v) is 11.4. The predicted molar refractivity (Wildman–Crippen MR) is 264 cm³/mol. The Labute approximate surface area is 401 Å². The van der Waals surface area contributed by atoms with E-state index in [1.54, 1.807) is 36.5 Å². The lowest BCUT2D eigenvalue weighted by molar-refractivity contribution is -0.384. The minimum Gasteiger partial charge on any atom is -0.456 e. The first-order chi connectivity index (χ1) is 32.2. The topological polar surface area (TPSA) is 162 Å². The van der Waals surface area contributed by atoms with Crippen molar-refractivity contribution in [2.24, 2.45) is 5.41 Å². The summed E-state index contributed by atoms with van der Waals surface area (Å²) < 4.78 is 42.0. The molecule has 0 spiro atoms. The molecule has 4 aromatic carbocycles. The molecule has 0 unspecified atom stereocenters. The van der Waals surface area contributed by atoms with Crippen LogP contribution in [-0.4, -0.2) is 105 Å². The Bertz CT molecular complexity index is 2780. The van der Waals surface area contributed by atoms with E-state index in [1.165, 1.54) is 28.8 Å². The van der Waals surface area contributed by atoms with Crippen LogP contribution in [0, 0.1) is 15.5 Å². The Hall–Kier alpha value is -5.16. The van der Waals surface area contributed by atoms with Crippen LogP contribution in [0.15, 0.2) is 95.5 Å². The van der Waals surface area contributed by atoms with Crippen molar-refractivity contribution in [3.05, 3.63) is 122 Å². The maximum absolute atomic E-state index is 14.1. The van der Waals surface area contributed by atoms with Crippen LogP contribution < -0.4 is 19.7 Å². The minimum absolute atomic E-state index is 0.0183. The Kier molecular flexibility index (Phi) is 13.9. The summed E-state index contributed by atoms with van der Waals surface area (Å²) in [6.45, 7) is 11.8. The SMILES string of the molecule is CC1(C)CCC(CN2CCN(c3ccc(C(=O)NS(=O)(=O)c4ccc(NC5CCN(C6CCOCC6)CC5)c([N+](=O)[O-])c4)c(Oc4cccc5[nH]cc(Cl)c45)c3)CC2)=C(c2ccc(Cl)cc2)C1. The molecule has 0 radical (unpaired) electrons. The summed E-state index contributed by atoms with van der Waals surface area (Å²) in [7, 11) is -4.59. The number of halogens is 2. The molecule has 3 fully saturated rings. The van der Waals surface area contributed by atoms with Crippen molar-refractivity contribution in [3.8, 4) is 11.5 Å². The second-order valence-corrected chi connectivity index (χ2v) is 21.5. The number of piperidine rings is 1. The molecule has 4 heterocycles. The van der Waals surface area contributed by atoms with Gasteiger partial charge in [-0.25, -0.2) is 13.1 Å². The normalized spacial score (nSPS) is 19.1. The molecular weight excluding hydrogens is 914 g/mol. The summed E-state index contributed by atoms with van der Waals surface area (Å²) >= 11 is 12.8. The number of ether oxygens (including phenoxy) is 2. The number of piperazine rings is 1. The van der Waals surface area contributed by atoms with E-state index in [0.29, 0.717) is 35.3 Å². The maximum atomic E-state index is 14.1. The fourth-order valence-electron chi connectivity index (χ4n) is 10.1. The smallest absolute Gasteiger partial charge is 0.293 e. The Morgan fingerprint density at radius 1 is 0.925 bits per heavy atom. The number of aromatic amines is 1. The average molecular weight is 971 g/mol. The van der Waals surface area contributed by atoms with Gasteiger partial charge in [-0.1, -0.05) is 60.8 Å². The van der Waals surface area contributed by atoms with E-state index in [1.807, 2.05) is 18.2 Å². The van der Waals surface area contributed by atoms with Crippen molar-refractivity contribution in [1.29, 1.82) is 0 Å². The summed E-state index contributed by atoms with van der Waals surface area (Å²) in [5, 5.41) is 17.4. The standard InChI is InChI=1S/C50H57Cl2N7O7S/c1-50(2)19-14-34(41(30-50)33-6-8-35(51)9-7-33)32-56-22-24-58(25-23-56)38-10-12-40(47(28-38)66-46-5-3-4-44-48(46)42(52)31-53-44)49(60)55-67(63,64)39-11-13-43(45(29-39)59(61)62)54-36-15-20-57(21-16-36)37-17-26-65-27-18-37/h3-13,28-29,31,36-37,53-54H,14-27,30,32H2,1-2H3,(H,55,60). The van der Waals surface area contributed by atoms with Crippen molar-refractivity contribution in [2.75, 3.05) is 69.2 Å². The van der Waals surface area contributed by atoms with Gasteiger partial charge in [0.2, 0.25) is 0 Å². The lowest BCUT2D eigenvalue weighted by Gasteiger charge is -2.39. The number of carbonyl (C=O) groups is 1. The molecule has 3 aliphatic heterocycles. The monoisotopic (exact) mass is 969 g/mol. The molecule has 9 rings (SSSR count). The Balaban J connectivity index is 0.920. The number of aromatic nitrogens is 1. The number of amides is 1. The van der Waals surface area contributed by atoms with E-state index >= 15 is 0 Å². The molecule has 0 atom stereocenters. The van der Waals surface area contributed by atoms with Gasteiger partial charge in [-0.3, -0.25) is 19.8 Å². The molecule has 4 aliphatic rings. The molecule has 1 aliphatic carbocycles. The van der Waals surface area contributed by atoms with Crippen LogP contribution in [0.4, 0.5) is 17.1 Å². The molecule has 67 heavy (non-hydrogen) atoms. The van der Waals surface area contributed by atoms with Gasteiger partial charge in [0.25, 0.3) is 21.6 Å². The largest absolute Gasteiger partial charge is 0.456 e. The van der Waals surface area contributed by atoms with E-state index in [9.17, 15) is 23.3 Å². The Morgan fingerprint density at radius 2 is 1.67 bits per heavy atom. The third-order valence-corrected chi connectivity index (χ3v) is 15.8. The summed E-state index contributed by atoms with van der Waals surface area (Å²) in [6.07, 6.45) is 8.41. The molecule has 3 N–H and O–H groups in total. The van der Waals surface area contributed by atoms with Crippen molar-refractivity contribution >= 4 is 72.7 Å². The number of sulfonamides is 1. The zero-order chi connectivity index (χ0) is 46.9. The number of anilines is 2. The fraction of sp³-hybridized carbons (Fsp3) is 0.420. The van der Waals surface area contributed by atoms with Crippen LogP contribution in [0.1, 0.15) is 74.7 Å². The second-order valence-electron chi connectivity index (χ2n) is 19.0. The maximum Gasteiger partial charge on any atom is 0.293 e. The van der Waals surface area contributed by atoms with Gasteiger partial charge in [-0.2, -0.15) is 0 Å². The van der Waals surface area contributed by atoms with Gasteiger partial charge in [0, 0.05) is 100 Å². The van der Waals surface area contributed by atoms with E-state index in [-0.39, 0.29) is 28.5 Å². The first-order valence-corrected chi connectivity index (χ1v) is 25.4. The second kappa shape index (κ2) is 19.8. The van der Waals surface area contributed by atoms with Gasteiger partial charge in [-0.15, -0.1) is 0 Å². The van der Waals surface area contributed by atoms with Crippen LogP contribution in [0.25, 0.3) is 16.5 Å². The summed E-state index contributed by atoms with van der Waals surface area (Å²) in [5.41, 5.74) is 5.63. The van der Waals surface area contributed by atoms with Gasteiger partial charge in [-0.05, 0) is 110 Å². The molecule has 0 bridgehead atoms. The number of rotatable bonds is 13. The third-order valence-electron chi connectivity index (χ3n) is 13.9. The molecule has 1 aromatic heterocycles. The number of allylic oxidation sites excluding steroid dienone is 1. The van der Waals surface area contributed by atoms with Crippen LogP contribution in [0.5, 0.6) is 11.5 Å².